The zero-order valence-electron chi connectivity index (χ0n) is 9.81. The Labute approximate surface area is 105 Å². The van der Waals surface area contributed by atoms with E-state index in [1.165, 1.54) is 0 Å². The molecule has 1 aliphatic rings. The Balaban J connectivity index is 0.00000225. The van der Waals surface area contributed by atoms with Crippen LogP contribution in [0.5, 0.6) is 0 Å². The summed E-state index contributed by atoms with van der Waals surface area (Å²) in [6, 6.07) is -0.0753. The summed E-state index contributed by atoms with van der Waals surface area (Å²) >= 11 is 0. The number of nitrogens with one attached hydrogen (secondary N) is 1. The van der Waals surface area contributed by atoms with E-state index >= 15 is 0 Å². The van der Waals surface area contributed by atoms with E-state index in [2.05, 4.69) is 11.6 Å². The molecule has 0 amide bonds. The third-order valence-electron chi connectivity index (χ3n) is 2.69. The predicted octanol–water partition coefficient (Wildman–Crippen LogP) is 1.26. The van der Waals surface area contributed by atoms with Crippen molar-refractivity contribution in [1.29, 1.82) is 0 Å². The van der Waals surface area contributed by atoms with Crippen molar-refractivity contribution in [2.75, 3.05) is 12.3 Å². The van der Waals surface area contributed by atoms with E-state index in [4.69, 9.17) is 5.73 Å². The second-order valence-electron chi connectivity index (χ2n) is 4.42. The lowest BCUT2D eigenvalue weighted by atomic mass is 10.1. The van der Waals surface area contributed by atoms with Crippen molar-refractivity contribution in [3.8, 4) is 0 Å². The van der Waals surface area contributed by atoms with Crippen molar-refractivity contribution < 1.29 is 8.42 Å². The molecule has 4 nitrogen and oxygen atoms in total. The van der Waals surface area contributed by atoms with Gasteiger partial charge in [0.25, 0.3) is 0 Å². The van der Waals surface area contributed by atoms with E-state index in [0.29, 0.717) is 12.5 Å². The minimum Gasteiger partial charge on any atom is -0.329 e. The molecule has 1 aliphatic carbocycles. The van der Waals surface area contributed by atoms with Gasteiger partial charge in [0.2, 0.25) is 10.0 Å². The van der Waals surface area contributed by atoms with Gasteiger partial charge in [0, 0.05) is 12.6 Å². The first-order valence-corrected chi connectivity index (χ1v) is 7.42. The monoisotopic (exact) mass is 270 g/mol. The highest BCUT2D eigenvalue weighted by molar-refractivity contribution is 7.89. The summed E-state index contributed by atoms with van der Waals surface area (Å²) in [7, 11) is -3.09. The molecule has 3 N–H and O–H groups in total. The summed E-state index contributed by atoms with van der Waals surface area (Å²) in [5.74, 6) is 0.683. The summed E-state index contributed by atoms with van der Waals surface area (Å²) < 4.78 is 26.0. The summed E-state index contributed by atoms with van der Waals surface area (Å²) in [6.07, 6.45) is 5.05. The molecule has 1 saturated carbocycles. The van der Waals surface area contributed by atoms with Crippen LogP contribution in [0.1, 0.15) is 39.0 Å². The molecule has 0 aromatic heterocycles. The number of hydrogen-bond donors (Lipinski definition) is 2. The second kappa shape index (κ2) is 7.48. The zero-order valence-corrected chi connectivity index (χ0v) is 11.4. The second-order valence-corrected chi connectivity index (χ2v) is 6.22. The van der Waals surface area contributed by atoms with E-state index in [-0.39, 0.29) is 24.2 Å². The first-order chi connectivity index (χ1) is 7.07. The Kier molecular flexibility index (Phi) is 7.55. The van der Waals surface area contributed by atoms with Gasteiger partial charge < -0.3 is 5.73 Å². The normalized spacial score (nSPS) is 17.9. The highest BCUT2D eigenvalue weighted by atomic mass is 35.5. The van der Waals surface area contributed by atoms with Crippen molar-refractivity contribution in [1.82, 2.24) is 4.72 Å². The van der Waals surface area contributed by atoms with Crippen LogP contribution in [0.25, 0.3) is 0 Å². The van der Waals surface area contributed by atoms with Crippen LogP contribution in [0, 0.1) is 5.92 Å². The van der Waals surface area contributed by atoms with Gasteiger partial charge in [0.1, 0.15) is 0 Å². The summed E-state index contributed by atoms with van der Waals surface area (Å²) in [6.45, 7) is 2.48. The van der Waals surface area contributed by atoms with Gasteiger partial charge in [-0.1, -0.05) is 19.8 Å². The molecule has 16 heavy (non-hydrogen) atoms. The molecule has 0 radical (unpaired) electrons. The van der Waals surface area contributed by atoms with Crippen molar-refractivity contribution in [3.05, 3.63) is 0 Å². The molecular formula is C10H23ClN2O2S. The molecule has 6 heteroatoms. The first-order valence-electron chi connectivity index (χ1n) is 5.77. The molecule has 0 bridgehead atoms. The fourth-order valence-corrected chi connectivity index (χ4v) is 3.34. The molecule has 1 atom stereocenters. The van der Waals surface area contributed by atoms with Crippen molar-refractivity contribution in [3.63, 3.8) is 0 Å². The zero-order chi connectivity index (χ0) is 11.3. The van der Waals surface area contributed by atoms with E-state index in [9.17, 15) is 8.42 Å². The van der Waals surface area contributed by atoms with E-state index in [0.717, 1.165) is 32.1 Å². The third-order valence-corrected chi connectivity index (χ3v) is 4.29. The standard InChI is InChI=1S/C10H22N2O2S.ClH/c1-2-3-4-10(7-11)12-15(13,14)8-9-5-6-9;/h9-10,12H,2-8,11H2,1H3;1H. The number of sulfonamides is 1. The van der Waals surface area contributed by atoms with Gasteiger partial charge in [-0.05, 0) is 25.2 Å². The van der Waals surface area contributed by atoms with Crippen LogP contribution in [-0.2, 0) is 10.0 Å². The summed E-state index contributed by atoms with van der Waals surface area (Å²) in [5.41, 5.74) is 5.54. The number of hydrogen-bond acceptors (Lipinski definition) is 3. The molecule has 0 spiro atoms. The topological polar surface area (TPSA) is 72.2 Å². The Morgan fingerprint density at radius 2 is 2.06 bits per heavy atom. The fourth-order valence-electron chi connectivity index (χ4n) is 1.57. The number of halogens is 1. The Hall–Kier alpha value is 0.160. The van der Waals surface area contributed by atoms with Crippen molar-refractivity contribution in [2.24, 2.45) is 11.7 Å². The molecule has 0 aromatic carbocycles. The van der Waals surface area contributed by atoms with Crippen LogP contribution in [0.15, 0.2) is 0 Å². The van der Waals surface area contributed by atoms with Crippen LogP contribution in [-0.4, -0.2) is 26.8 Å². The highest BCUT2D eigenvalue weighted by Gasteiger charge is 2.28. The average molecular weight is 271 g/mol. The van der Waals surface area contributed by atoms with E-state index < -0.39 is 10.0 Å². The highest BCUT2D eigenvalue weighted by Crippen LogP contribution is 2.30. The molecule has 1 unspecified atom stereocenters. The molecule has 0 aromatic rings. The minimum atomic E-state index is -3.09. The maximum Gasteiger partial charge on any atom is 0.212 e. The number of rotatable bonds is 8. The van der Waals surface area contributed by atoms with Gasteiger partial charge in [0.05, 0.1) is 5.75 Å². The quantitative estimate of drug-likeness (QED) is 0.697. The lowest BCUT2D eigenvalue weighted by molar-refractivity contribution is 0.514. The number of unbranched alkanes of at least 4 members (excludes halogenated alkanes) is 1. The molecule has 0 saturated heterocycles. The van der Waals surface area contributed by atoms with Gasteiger partial charge in [-0.15, -0.1) is 12.4 Å². The molecule has 1 fully saturated rings. The van der Waals surface area contributed by atoms with Crippen LogP contribution >= 0.6 is 12.4 Å². The smallest absolute Gasteiger partial charge is 0.212 e. The SMILES string of the molecule is CCCCC(CN)NS(=O)(=O)CC1CC1.Cl. The molecule has 0 aliphatic heterocycles. The van der Waals surface area contributed by atoms with Crippen LogP contribution in [0.3, 0.4) is 0 Å². The van der Waals surface area contributed by atoms with Gasteiger partial charge in [-0.25, -0.2) is 13.1 Å². The lowest BCUT2D eigenvalue weighted by Gasteiger charge is -2.16. The van der Waals surface area contributed by atoms with Crippen molar-refractivity contribution in [2.45, 2.75) is 45.1 Å². The largest absolute Gasteiger partial charge is 0.329 e. The van der Waals surface area contributed by atoms with Crippen LogP contribution in [0.2, 0.25) is 0 Å². The molecule has 98 valence electrons. The van der Waals surface area contributed by atoms with Gasteiger partial charge in [-0.3, -0.25) is 0 Å². The van der Waals surface area contributed by atoms with Gasteiger partial charge >= 0.3 is 0 Å². The minimum absolute atomic E-state index is 0. The fraction of sp³-hybridized carbons (Fsp3) is 1.00. The number of nitrogens with two attached hydrogens (primary N) is 1. The Morgan fingerprint density at radius 3 is 2.50 bits per heavy atom. The average Bonchev–Trinajstić information content (AvgIpc) is 2.95. The molecule has 1 rings (SSSR count). The van der Waals surface area contributed by atoms with Crippen LogP contribution in [0.4, 0.5) is 0 Å². The summed E-state index contributed by atoms with van der Waals surface area (Å²) in [5, 5.41) is 0. The van der Waals surface area contributed by atoms with Crippen molar-refractivity contribution >= 4 is 22.4 Å². The van der Waals surface area contributed by atoms with Gasteiger partial charge in [-0.2, -0.15) is 0 Å². The molecular weight excluding hydrogens is 248 g/mol. The van der Waals surface area contributed by atoms with Gasteiger partial charge in [0.15, 0.2) is 0 Å². The van der Waals surface area contributed by atoms with Crippen LogP contribution < -0.4 is 10.5 Å². The summed E-state index contributed by atoms with van der Waals surface area (Å²) in [4.78, 5) is 0. The Bertz CT molecular complexity index is 279. The molecule has 0 heterocycles. The van der Waals surface area contributed by atoms with E-state index in [1.54, 1.807) is 0 Å². The maximum absolute atomic E-state index is 11.6. The van der Waals surface area contributed by atoms with E-state index in [1.807, 2.05) is 0 Å². The Morgan fingerprint density at radius 1 is 1.44 bits per heavy atom. The predicted molar refractivity (Wildman–Crippen MR) is 69.3 cm³/mol. The lowest BCUT2D eigenvalue weighted by Crippen LogP contribution is -2.41. The maximum atomic E-state index is 11.6. The third kappa shape index (κ3) is 6.68. The first kappa shape index (κ1) is 16.2.